The van der Waals surface area contributed by atoms with Crippen LogP contribution in [0.1, 0.15) is 17.3 Å². The Morgan fingerprint density at radius 1 is 1.47 bits per heavy atom. The van der Waals surface area contributed by atoms with E-state index in [1.807, 2.05) is 6.92 Å². The van der Waals surface area contributed by atoms with Gasteiger partial charge in [-0.25, -0.2) is 8.78 Å². The van der Waals surface area contributed by atoms with Crippen LogP contribution < -0.4 is 5.73 Å². The molecule has 1 aliphatic heterocycles. The number of hydrogen-bond acceptors (Lipinski definition) is 3. The molecule has 2 N–H and O–H groups in total. The normalized spacial score (nSPS) is 23.5. The second-order valence-electron chi connectivity index (χ2n) is 4.62. The predicted molar refractivity (Wildman–Crippen MR) is 65.7 cm³/mol. The molecule has 6 heteroatoms. The van der Waals surface area contributed by atoms with Gasteiger partial charge in [0.05, 0.1) is 17.8 Å². The van der Waals surface area contributed by atoms with E-state index in [1.165, 1.54) is 17.0 Å². The summed E-state index contributed by atoms with van der Waals surface area (Å²) < 4.78 is 32.3. The molecule has 104 valence electrons. The average Bonchev–Trinajstić information content (AvgIpc) is 2.40. The summed E-state index contributed by atoms with van der Waals surface area (Å²) in [5.41, 5.74) is 5.26. The number of amides is 1. The van der Waals surface area contributed by atoms with Gasteiger partial charge in [0, 0.05) is 19.6 Å². The summed E-state index contributed by atoms with van der Waals surface area (Å²) in [4.78, 5) is 13.7. The molecule has 2 rings (SSSR count). The van der Waals surface area contributed by atoms with Crippen LogP contribution in [0.4, 0.5) is 8.78 Å². The van der Waals surface area contributed by atoms with Crippen molar-refractivity contribution in [3.05, 3.63) is 35.4 Å². The first kappa shape index (κ1) is 13.9. The Morgan fingerprint density at radius 2 is 2.21 bits per heavy atom. The molecular weight excluding hydrogens is 254 g/mol. The minimum atomic E-state index is -1.11. The van der Waals surface area contributed by atoms with E-state index in [4.69, 9.17) is 10.5 Å². The van der Waals surface area contributed by atoms with Gasteiger partial charge in [-0.2, -0.15) is 0 Å². The van der Waals surface area contributed by atoms with Crippen molar-refractivity contribution in [2.24, 2.45) is 5.73 Å². The van der Waals surface area contributed by atoms with Gasteiger partial charge in [0.1, 0.15) is 0 Å². The van der Waals surface area contributed by atoms with Gasteiger partial charge in [-0.1, -0.05) is 6.07 Å². The SMILES string of the molecule is CC1CN(C(=O)c2cccc(F)c2F)CC(CN)O1. The molecule has 1 saturated heterocycles. The summed E-state index contributed by atoms with van der Waals surface area (Å²) in [5, 5.41) is 0. The van der Waals surface area contributed by atoms with Crippen LogP contribution >= 0.6 is 0 Å². The highest BCUT2D eigenvalue weighted by molar-refractivity contribution is 5.94. The summed E-state index contributed by atoms with van der Waals surface area (Å²) in [5.74, 6) is -2.68. The molecule has 1 aliphatic rings. The van der Waals surface area contributed by atoms with E-state index < -0.39 is 17.5 Å². The molecule has 1 aromatic carbocycles. The molecule has 1 fully saturated rings. The topological polar surface area (TPSA) is 55.6 Å². The van der Waals surface area contributed by atoms with Gasteiger partial charge in [0.25, 0.3) is 5.91 Å². The largest absolute Gasteiger partial charge is 0.370 e. The van der Waals surface area contributed by atoms with Crippen molar-refractivity contribution in [1.29, 1.82) is 0 Å². The zero-order chi connectivity index (χ0) is 14.0. The molecule has 0 aromatic heterocycles. The number of nitrogens with zero attached hydrogens (tertiary/aromatic N) is 1. The Morgan fingerprint density at radius 3 is 2.89 bits per heavy atom. The smallest absolute Gasteiger partial charge is 0.257 e. The van der Waals surface area contributed by atoms with Gasteiger partial charge in [0.2, 0.25) is 0 Å². The third-order valence-corrected chi connectivity index (χ3v) is 3.06. The highest BCUT2D eigenvalue weighted by Crippen LogP contribution is 2.17. The van der Waals surface area contributed by atoms with Crippen LogP contribution in [0.5, 0.6) is 0 Å². The molecule has 1 aromatic rings. The first-order chi connectivity index (χ1) is 9.02. The molecule has 0 radical (unpaired) electrons. The average molecular weight is 270 g/mol. The van der Waals surface area contributed by atoms with E-state index >= 15 is 0 Å². The number of carbonyl (C=O) groups is 1. The molecule has 19 heavy (non-hydrogen) atoms. The number of halogens is 2. The van der Waals surface area contributed by atoms with Crippen LogP contribution in [0.15, 0.2) is 18.2 Å². The lowest BCUT2D eigenvalue weighted by atomic mass is 10.1. The van der Waals surface area contributed by atoms with Crippen molar-refractivity contribution in [2.45, 2.75) is 19.1 Å². The number of benzene rings is 1. The van der Waals surface area contributed by atoms with Crippen molar-refractivity contribution >= 4 is 5.91 Å². The summed E-state index contributed by atoms with van der Waals surface area (Å²) in [7, 11) is 0. The van der Waals surface area contributed by atoms with Gasteiger partial charge < -0.3 is 15.4 Å². The van der Waals surface area contributed by atoms with Crippen molar-refractivity contribution in [2.75, 3.05) is 19.6 Å². The Labute approximate surface area is 110 Å². The second kappa shape index (κ2) is 5.63. The Bertz CT molecular complexity index is 482. The lowest BCUT2D eigenvalue weighted by Crippen LogP contribution is -2.51. The van der Waals surface area contributed by atoms with E-state index in [1.54, 1.807) is 0 Å². The maximum Gasteiger partial charge on any atom is 0.257 e. The number of carbonyl (C=O) groups excluding carboxylic acids is 1. The van der Waals surface area contributed by atoms with Gasteiger partial charge in [-0.3, -0.25) is 4.79 Å². The molecule has 0 saturated carbocycles. The van der Waals surface area contributed by atoms with Crippen LogP contribution in [0.2, 0.25) is 0 Å². The lowest BCUT2D eigenvalue weighted by Gasteiger charge is -2.36. The van der Waals surface area contributed by atoms with Gasteiger partial charge in [-0.05, 0) is 19.1 Å². The molecule has 1 heterocycles. The third-order valence-electron chi connectivity index (χ3n) is 3.06. The maximum atomic E-state index is 13.6. The summed E-state index contributed by atoms with van der Waals surface area (Å²) >= 11 is 0. The first-order valence-corrected chi connectivity index (χ1v) is 6.11. The molecule has 0 aliphatic carbocycles. The van der Waals surface area contributed by atoms with Crippen molar-refractivity contribution in [3.8, 4) is 0 Å². The fraction of sp³-hybridized carbons (Fsp3) is 0.462. The third kappa shape index (κ3) is 2.90. The maximum absolute atomic E-state index is 13.6. The van der Waals surface area contributed by atoms with Crippen LogP contribution in [0.3, 0.4) is 0 Å². The van der Waals surface area contributed by atoms with Crippen LogP contribution in [0, 0.1) is 11.6 Å². The Kier molecular flexibility index (Phi) is 4.11. The van der Waals surface area contributed by atoms with E-state index in [0.717, 1.165) is 6.07 Å². The zero-order valence-corrected chi connectivity index (χ0v) is 10.6. The Hall–Kier alpha value is -1.53. The minimum Gasteiger partial charge on any atom is -0.370 e. The standard InChI is InChI=1S/C13H16F2N2O2/c1-8-6-17(7-9(5-16)19-8)13(18)10-3-2-4-11(14)12(10)15/h2-4,8-9H,5-7,16H2,1H3. The number of nitrogens with two attached hydrogens (primary N) is 1. The highest BCUT2D eigenvalue weighted by Gasteiger charge is 2.29. The fourth-order valence-corrected chi connectivity index (χ4v) is 2.18. The first-order valence-electron chi connectivity index (χ1n) is 6.11. The van der Waals surface area contributed by atoms with Crippen molar-refractivity contribution in [3.63, 3.8) is 0 Å². The summed E-state index contributed by atoms with van der Waals surface area (Å²) in [6, 6.07) is 3.57. The van der Waals surface area contributed by atoms with Gasteiger partial charge >= 0.3 is 0 Å². The molecule has 2 unspecified atom stereocenters. The minimum absolute atomic E-state index is 0.178. The van der Waals surface area contributed by atoms with Gasteiger partial charge in [0.15, 0.2) is 11.6 Å². The molecule has 1 amide bonds. The quantitative estimate of drug-likeness (QED) is 0.877. The van der Waals surface area contributed by atoms with E-state index in [2.05, 4.69) is 0 Å². The number of morpholine rings is 1. The Balaban J connectivity index is 2.21. The fourth-order valence-electron chi connectivity index (χ4n) is 2.18. The van der Waals surface area contributed by atoms with Crippen LogP contribution in [-0.4, -0.2) is 42.6 Å². The monoisotopic (exact) mass is 270 g/mol. The summed E-state index contributed by atoms with van der Waals surface area (Å²) in [6.07, 6.45) is -0.452. The number of rotatable bonds is 2. The van der Waals surface area contributed by atoms with E-state index in [0.29, 0.717) is 6.54 Å². The predicted octanol–water partition coefficient (Wildman–Crippen LogP) is 1.15. The van der Waals surface area contributed by atoms with Crippen LogP contribution in [0.25, 0.3) is 0 Å². The van der Waals surface area contributed by atoms with Crippen molar-refractivity contribution in [1.82, 2.24) is 4.90 Å². The molecule has 0 bridgehead atoms. The zero-order valence-electron chi connectivity index (χ0n) is 10.6. The highest BCUT2D eigenvalue weighted by atomic mass is 19.2. The molecule has 2 atom stereocenters. The number of hydrogen-bond donors (Lipinski definition) is 1. The van der Waals surface area contributed by atoms with E-state index in [-0.39, 0.29) is 30.9 Å². The number of ether oxygens (including phenoxy) is 1. The van der Waals surface area contributed by atoms with Gasteiger partial charge in [-0.15, -0.1) is 0 Å². The van der Waals surface area contributed by atoms with E-state index in [9.17, 15) is 13.6 Å². The lowest BCUT2D eigenvalue weighted by molar-refractivity contribution is -0.0626. The second-order valence-corrected chi connectivity index (χ2v) is 4.62. The molecule has 0 spiro atoms. The molecule has 4 nitrogen and oxygen atoms in total. The summed E-state index contributed by atoms with van der Waals surface area (Å²) in [6.45, 7) is 2.71. The van der Waals surface area contributed by atoms with Crippen molar-refractivity contribution < 1.29 is 18.3 Å². The molecular formula is C13H16F2N2O2. The van der Waals surface area contributed by atoms with Crippen LogP contribution in [-0.2, 0) is 4.74 Å².